The summed E-state index contributed by atoms with van der Waals surface area (Å²) in [6.45, 7) is 9.46. The molecule has 0 saturated carbocycles. The molecule has 0 radical (unpaired) electrons. The van der Waals surface area contributed by atoms with E-state index in [0.717, 1.165) is 23.7 Å². The van der Waals surface area contributed by atoms with E-state index in [1.807, 2.05) is 17.6 Å². The number of nitrogens with zero attached hydrogens (tertiary/aromatic N) is 4. The number of fused-ring (bicyclic) bond motifs is 1. The second-order valence-electron chi connectivity index (χ2n) is 4.76. The molecule has 92 valence electrons. The summed E-state index contributed by atoms with van der Waals surface area (Å²) in [6.07, 6.45) is 1.93. The molecule has 17 heavy (non-hydrogen) atoms. The molecule has 2 heterocycles. The summed E-state index contributed by atoms with van der Waals surface area (Å²) in [6, 6.07) is 2.08. The molecule has 0 fully saturated rings. The van der Waals surface area contributed by atoms with E-state index in [4.69, 9.17) is 0 Å². The maximum absolute atomic E-state index is 4.61. The molecule has 0 aromatic carbocycles. The van der Waals surface area contributed by atoms with Crippen molar-refractivity contribution in [2.45, 2.75) is 33.6 Å². The van der Waals surface area contributed by atoms with Crippen molar-refractivity contribution in [1.29, 1.82) is 0 Å². The van der Waals surface area contributed by atoms with E-state index in [1.54, 1.807) is 0 Å². The number of aromatic nitrogens is 3. The highest BCUT2D eigenvalue weighted by Crippen LogP contribution is 2.23. The molecule has 0 atom stereocenters. The first-order chi connectivity index (χ1) is 8.04. The standard InChI is InChI=1S/C13H20N4/c1-6-16(5)12-7-10(4)15-13-11(9(2)3)8-14-17(12)13/h7-9H,6H2,1-5H3. The number of hydrogen-bond donors (Lipinski definition) is 0. The van der Waals surface area contributed by atoms with Crippen molar-refractivity contribution >= 4 is 11.5 Å². The van der Waals surface area contributed by atoms with E-state index >= 15 is 0 Å². The van der Waals surface area contributed by atoms with Crippen molar-refractivity contribution in [3.8, 4) is 0 Å². The first-order valence-electron chi connectivity index (χ1n) is 6.11. The summed E-state index contributed by atoms with van der Waals surface area (Å²) in [5, 5.41) is 4.46. The largest absolute Gasteiger partial charge is 0.360 e. The minimum Gasteiger partial charge on any atom is -0.360 e. The van der Waals surface area contributed by atoms with E-state index in [0.29, 0.717) is 5.92 Å². The molecule has 2 aromatic rings. The van der Waals surface area contributed by atoms with Crippen LogP contribution in [0.5, 0.6) is 0 Å². The van der Waals surface area contributed by atoms with Gasteiger partial charge in [-0.3, -0.25) is 0 Å². The first-order valence-corrected chi connectivity index (χ1v) is 6.11. The van der Waals surface area contributed by atoms with E-state index in [1.165, 1.54) is 5.56 Å². The third kappa shape index (κ3) is 1.99. The Balaban J connectivity index is 2.70. The first kappa shape index (κ1) is 11.9. The summed E-state index contributed by atoms with van der Waals surface area (Å²) in [5.41, 5.74) is 3.23. The number of anilines is 1. The highest BCUT2D eigenvalue weighted by Gasteiger charge is 2.14. The second kappa shape index (κ2) is 4.35. The Kier molecular flexibility index (Phi) is 3.05. The topological polar surface area (TPSA) is 33.4 Å². The fourth-order valence-electron chi connectivity index (χ4n) is 1.92. The van der Waals surface area contributed by atoms with Gasteiger partial charge in [-0.1, -0.05) is 13.8 Å². The van der Waals surface area contributed by atoms with Gasteiger partial charge in [0, 0.05) is 30.9 Å². The summed E-state index contributed by atoms with van der Waals surface area (Å²) < 4.78 is 1.94. The van der Waals surface area contributed by atoms with Crippen molar-refractivity contribution in [3.05, 3.63) is 23.5 Å². The Labute approximate surface area is 102 Å². The van der Waals surface area contributed by atoms with Crippen LogP contribution in [-0.2, 0) is 0 Å². The quantitative estimate of drug-likeness (QED) is 0.815. The molecular weight excluding hydrogens is 212 g/mol. The van der Waals surface area contributed by atoms with E-state index in [2.05, 4.69) is 48.9 Å². The van der Waals surface area contributed by atoms with Crippen LogP contribution in [0.15, 0.2) is 12.3 Å². The van der Waals surface area contributed by atoms with Crippen molar-refractivity contribution in [3.63, 3.8) is 0 Å². The van der Waals surface area contributed by atoms with Gasteiger partial charge in [-0.25, -0.2) is 4.98 Å². The number of hydrogen-bond acceptors (Lipinski definition) is 3. The van der Waals surface area contributed by atoms with Crippen molar-refractivity contribution in [2.24, 2.45) is 0 Å². The molecule has 4 heteroatoms. The van der Waals surface area contributed by atoms with Gasteiger partial charge < -0.3 is 4.90 Å². The smallest absolute Gasteiger partial charge is 0.161 e. The van der Waals surface area contributed by atoms with Gasteiger partial charge in [0.15, 0.2) is 5.65 Å². The van der Waals surface area contributed by atoms with Gasteiger partial charge in [0.05, 0.1) is 6.20 Å². The Morgan fingerprint density at radius 2 is 2.12 bits per heavy atom. The molecule has 2 aromatic heterocycles. The SMILES string of the molecule is CCN(C)c1cc(C)nc2c(C(C)C)cnn12. The maximum Gasteiger partial charge on any atom is 0.161 e. The van der Waals surface area contributed by atoms with Crippen molar-refractivity contribution in [1.82, 2.24) is 14.6 Å². The highest BCUT2D eigenvalue weighted by molar-refractivity contribution is 5.56. The normalized spacial score (nSPS) is 11.4. The van der Waals surface area contributed by atoms with Crippen LogP contribution in [0.2, 0.25) is 0 Å². The minimum absolute atomic E-state index is 0.446. The predicted molar refractivity (Wildman–Crippen MR) is 70.8 cm³/mol. The van der Waals surface area contributed by atoms with Crippen LogP contribution < -0.4 is 4.90 Å². The lowest BCUT2D eigenvalue weighted by atomic mass is 10.1. The van der Waals surface area contributed by atoms with Crippen LogP contribution >= 0.6 is 0 Å². The molecule has 0 spiro atoms. The van der Waals surface area contributed by atoms with E-state index in [9.17, 15) is 0 Å². The fraction of sp³-hybridized carbons (Fsp3) is 0.538. The molecule has 0 unspecified atom stereocenters. The Hall–Kier alpha value is -1.58. The third-order valence-corrected chi connectivity index (χ3v) is 3.10. The molecule has 0 aliphatic rings. The Morgan fingerprint density at radius 1 is 1.41 bits per heavy atom. The average Bonchev–Trinajstić information content (AvgIpc) is 2.70. The van der Waals surface area contributed by atoms with E-state index < -0.39 is 0 Å². The molecule has 0 bridgehead atoms. The lowest BCUT2D eigenvalue weighted by Crippen LogP contribution is -2.20. The van der Waals surface area contributed by atoms with Gasteiger partial charge in [-0.2, -0.15) is 9.61 Å². The van der Waals surface area contributed by atoms with Crippen LogP contribution in [0.25, 0.3) is 5.65 Å². The Morgan fingerprint density at radius 3 is 2.71 bits per heavy atom. The molecule has 0 aliphatic carbocycles. The summed E-state index contributed by atoms with van der Waals surface area (Å²) in [5.74, 6) is 1.54. The summed E-state index contributed by atoms with van der Waals surface area (Å²) in [4.78, 5) is 6.79. The van der Waals surface area contributed by atoms with Crippen molar-refractivity contribution < 1.29 is 0 Å². The lowest BCUT2D eigenvalue weighted by molar-refractivity contribution is 0.845. The molecule has 0 aliphatic heterocycles. The van der Waals surface area contributed by atoms with Gasteiger partial charge >= 0.3 is 0 Å². The van der Waals surface area contributed by atoms with Crippen LogP contribution in [0.3, 0.4) is 0 Å². The van der Waals surface area contributed by atoms with Crippen LogP contribution in [-0.4, -0.2) is 28.2 Å². The van der Waals surface area contributed by atoms with Crippen LogP contribution in [0.1, 0.15) is 37.9 Å². The maximum atomic E-state index is 4.61. The molecule has 0 amide bonds. The van der Waals surface area contributed by atoms with Gasteiger partial charge in [-0.15, -0.1) is 0 Å². The lowest BCUT2D eigenvalue weighted by Gasteiger charge is -2.18. The molecule has 0 saturated heterocycles. The number of rotatable bonds is 3. The summed E-state index contributed by atoms with van der Waals surface area (Å²) >= 11 is 0. The van der Waals surface area contributed by atoms with Gasteiger partial charge in [0.1, 0.15) is 5.82 Å². The zero-order valence-electron chi connectivity index (χ0n) is 11.2. The van der Waals surface area contributed by atoms with Crippen molar-refractivity contribution in [2.75, 3.05) is 18.5 Å². The van der Waals surface area contributed by atoms with Gasteiger partial charge in [0.25, 0.3) is 0 Å². The third-order valence-electron chi connectivity index (χ3n) is 3.10. The minimum atomic E-state index is 0.446. The molecule has 0 N–H and O–H groups in total. The second-order valence-corrected chi connectivity index (χ2v) is 4.76. The fourth-order valence-corrected chi connectivity index (χ4v) is 1.92. The van der Waals surface area contributed by atoms with Crippen LogP contribution in [0, 0.1) is 6.92 Å². The van der Waals surface area contributed by atoms with Gasteiger partial charge in [-0.05, 0) is 19.8 Å². The molecular formula is C13H20N4. The molecule has 4 nitrogen and oxygen atoms in total. The Bertz CT molecular complexity index is 527. The predicted octanol–water partition coefficient (Wildman–Crippen LogP) is 2.62. The summed E-state index contributed by atoms with van der Waals surface area (Å²) in [7, 11) is 2.07. The average molecular weight is 232 g/mol. The molecule has 2 rings (SSSR count). The monoisotopic (exact) mass is 232 g/mol. The van der Waals surface area contributed by atoms with E-state index in [-0.39, 0.29) is 0 Å². The zero-order valence-corrected chi connectivity index (χ0v) is 11.2. The highest BCUT2D eigenvalue weighted by atomic mass is 15.3. The van der Waals surface area contributed by atoms with Crippen LogP contribution in [0.4, 0.5) is 5.82 Å². The zero-order chi connectivity index (χ0) is 12.6. The number of aryl methyl sites for hydroxylation is 1. The van der Waals surface area contributed by atoms with Gasteiger partial charge in [0.2, 0.25) is 0 Å².